The van der Waals surface area contributed by atoms with Crippen LogP contribution >= 0.6 is 11.6 Å². The van der Waals surface area contributed by atoms with Crippen LogP contribution in [0.5, 0.6) is 5.75 Å². The maximum Gasteiger partial charge on any atom is 0.257 e. The summed E-state index contributed by atoms with van der Waals surface area (Å²) in [4.78, 5) is 80.2. The quantitative estimate of drug-likeness (QED) is 0.0449. The van der Waals surface area contributed by atoms with Gasteiger partial charge in [-0.3, -0.25) is 29.3 Å². The third kappa shape index (κ3) is 10.6. The number of aromatic amines is 1. The van der Waals surface area contributed by atoms with Gasteiger partial charge in [0.15, 0.2) is 6.29 Å². The SMILES string of the molecule is COc1cc(N2CCC(N(C)C(=O)CCOCCOCCNc3cccc(C=O)c3C(=O)N(C)C3CCC(=O)NC3=O)CC2)ccc1Nc1ncc(Cl)c(-c2c[nH]c3ccccc23)n1. The molecule has 7 rings (SSSR count). The van der Waals surface area contributed by atoms with Gasteiger partial charge in [0.05, 0.1) is 68.1 Å². The van der Waals surface area contributed by atoms with Gasteiger partial charge in [0.1, 0.15) is 11.8 Å². The molecular weight excluding hydrogens is 842 g/mol. The van der Waals surface area contributed by atoms with Crippen molar-refractivity contribution >= 4 is 75.4 Å². The zero-order chi connectivity index (χ0) is 45.2. The first-order valence-electron chi connectivity index (χ1n) is 21.2. The van der Waals surface area contributed by atoms with E-state index >= 15 is 0 Å². The number of likely N-dealkylation sites (N-methyl/N-ethyl adjacent to an activating group) is 1. The number of aromatic nitrogens is 3. The lowest BCUT2D eigenvalue weighted by atomic mass is 10.0. The molecule has 4 N–H and O–H groups in total. The van der Waals surface area contributed by atoms with Crippen LogP contribution in [-0.4, -0.2) is 134 Å². The van der Waals surface area contributed by atoms with Crippen molar-refractivity contribution in [1.82, 2.24) is 30.1 Å². The molecule has 0 radical (unpaired) electrons. The van der Waals surface area contributed by atoms with E-state index in [-0.39, 0.29) is 61.5 Å². The Hall–Kier alpha value is -6.56. The smallest absolute Gasteiger partial charge is 0.257 e. The number of para-hydroxylation sites is 1. The van der Waals surface area contributed by atoms with Crippen LogP contribution in [-0.2, 0) is 23.9 Å². The van der Waals surface area contributed by atoms with Crippen molar-refractivity contribution in [2.75, 3.05) is 82.8 Å². The van der Waals surface area contributed by atoms with E-state index in [0.717, 1.165) is 48.1 Å². The van der Waals surface area contributed by atoms with Crippen molar-refractivity contribution in [2.45, 2.75) is 44.2 Å². The number of anilines is 4. The second-order valence-electron chi connectivity index (χ2n) is 15.5. The van der Waals surface area contributed by atoms with Crippen molar-refractivity contribution < 1.29 is 38.2 Å². The molecule has 2 aromatic heterocycles. The Kier molecular flexibility index (Phi) is 15.1. The summed E-state index contributed by atoms with van der Waals surface area (Å²) in [7, 11) is 4.95. The van der Waals surface area contributed by atoms with E-state index in [4.69, 9.17) is 30.8 Å². The monoisotopic (exact) mass is 893 g/mol. The van der Waals surface area contributed by atoms with Gasteiger partial charge in [-0.1, -0.05) is 41.9 Å². The zero-order valence-electron chi connectivity index (χ0n) is 36.0. The molecule has 64 heavy (non-hydrogen) atoms. The lowest BCUT2D eigenvalue weighted by molar-refractivity contribution is -0.136. The molecule has 0 spiro atoms. The molecule has 2 aliphatic heterocycles. The summed E-state index contributed by atoms with van der Waals surface area (Å²) in [5.74, 6) is -0.396. The van der Waals surface area contributed by atoms with Crippen LogP contribution in [0.25, 0.3) is 22.2 Å². The Bertz CT molecular complexity index is 2490. The molecule has 1 atom stereocenters. The van der Waals surface area contributed by atoms with E-state index < -0.39 is 17.9 Å². The minimum absolute atomic E-state index is 0.0177. The minimum atomic E-state index is -0.827. The summed E-state index contributed by atoms with van der Waals surface area (Å²) in [5.41, 5.74) is 4.95. The van der Waals surface area contributed by atoms with Crippen LogP contribution in [0.1, 0.15) is 52.8 Å². The predicted octanol–water partition coefficient (Wildman–Crippen LogP) is 5.68. The second kappa shape index (κ2) is 21.2. The molecule has 0 saturated carbocycles. The Morgan fingerprint density at radius 3 is 2.50 bits per heavy atom. The Balaban J connectivity index is 0.807. The summed E-state index contributed by atoms with van der Waals surface area (Å²) >= 11 is 6.55. The molecule has 18 heteroatoms. The van der Waals surface area contributed by atoms with E-state index in [1.807, 2.05) is 60.6 Å². The van der Waals surface area contributed by atoms with E-state index in [9.17, 15) is 24.0 Å². The van der Waals surface area contributed by atoms with E-state index in [1.54, 1.807) is 25.4 Å². The average Bonchev–Trinajstić information content (AvgIpc) is 3.75. The highest BCUT2D eigenvalue weighted by Gasteiger charge is 2.34. The molecular formula is C46H52ClN9O8. The summed E-state index contributed by atoms with van der Waals surface area (Å²) in [6.45, 7) is 3.02. The van der Waals surface area contributed by atoms with Gasteiger partial charge in [-0.2, -0.15) is 0 Å². The number of piperidine rings is 2. The number of imide groups is 1. The molecule has 4 amide bonds. The number of amides is 4. The van der Waals surface area contributed by atoms with Gasteiger partial charge in [-0.25, -0.2) is 9.97 Å². The number of fused-ring (bicyclic) bond motifs is 1. The molecule has 2 aliphatic rings. The highest BCUT2D eigenvalue weighted by atomic mass is 35.5. The number of hydrogen-bond acceptors (Lipinski definition) is 13. The number of nitrogens with zero attached hydrogens (tertiary/aromatic N) is 5. The van der Waals surface area contributed by atoms with Crippen molar-refractivity contribution in [3.05, 3.63) is 89.2 Å². The lowest BCUT2D eigenvalue weighted by Crippen LogP contribution is -2.53. The van der Waals surface area contributed by atoms with Gasteiger partial charge in [-0.15, -0.1) is 0 Å². The number of methoxy groups -OCH3 is 1. The van der Waals surface area contributed by atoms with Gasteiger partial charge < -0.3 is 44.5 Å². The number of rotatable bonds is 19. The van der Waals surface area contributed by atoms with Crippen molar-refractivity contribution in [3.8, 4) is 17.0 Å². The number of nitrogens with one attached hydrogen (secondary N) is 4. The molecule has 2 saturated heterocycles. The highest BCUT2D eigenvalue weighted by molar-refractivity contribution is 6.33. The summed E-state index contributed by atoms with van der Waals surface area (Å²) in [5, 5.41) is 10.2. The molecule has 17 nitrogen and oxygen atoms in total. The van der Waals surface area contributed by atoms with Gasteiger partial charge >= 0.3 is 0 Å². The summed E-state index contributed by atoms with van der Waals surface area (Å²) < 4.78 is 17.2. The molecule has 5 aromatic rings. The molecule has 4 heterocycles. The number of hydrogen-bond donors (Lipinski definition) is 4. The van der Waals surface area contributed by atoms with Crippen molar-refractivity contribution in [1.29, 1.82) is 0 Å². The fraction of sp³-hybridized carbons (Fsp3) is 0.370. The maximum atomic E-state index is 13.5. The molecule has 0 aliphatic carbocycles. The number of aldehydes is 1. The fourth-order valence-electron chi connectivity index (χ4n) is 8.04. The van der Waals surface area contributed by atoms with Crippen LogP contribution in [0.2, 0.25) is 5.02 Å². The normalized spacial score (nSPS) is 15.4. The van der Waals surface area contributed by atoms with Crippen LogP contribution < -0.4 is 25.6 Å². The standard InChI is InChI=1S/C46H52ClN9O8/c1-54(41(59)17-21-63-23-24-64-22-18-48-37-10-6-7-29(28-57)42(37)45(61)55(2)38-13-14-40(58)52-44(38)60)30-15-19-56(20-16-30)31-11-12-36(39(25-31)62-3)51-46-50-27-34(47)43(53-46)33-26-49-35-9-5-4-8-32(33)35/h4-12,25-28,30,38,48-49H,13-24H2,1-3H3,(H,50,51,53)(H,52,58,60). The van der Waals surface area contributed by atoms with Crippen molar-refractivity contribution in [2.24, 2.45) is 0 Å². The van der Waals surface area contributed by atoms with Crippen LogP contribution in [0.4, 0.5) is 23.0 Å². The van der Waals surface area contributed by atoms with E-state index in [1.165, 1.54) is 18.0 Å². The van der Waals surface area contributed by atoms with Gasteiger partial charge in [0, 0.05) is 91.9 Å². The Labute approximate surface area is 375 Å². The molecule has 1 unspecified atom stereocenters. The lowest BCUT2D eigenvalue weighted by Gasteiger charge is -2.38. The average molecular weight is 894 g/mol. The number of benzene rings is 3. The topological polar surface area (TPSA) is 200 Å². The maximum absolute atomic E-state index is 13.5. The van der Waals surface area contributed by atoms with E-state index in [0.29, 0.717) is 59.8 Å². The van der Waals surface area contributed by atoms with Gasteiger partial charge in [-0.05, 0) is 43.5 Å². The number of carbonyl (C=O) groups excluding carboxylic acids is 5. The highest BCUT2D eigenvalue weighted by Crippen LogP contribution is 2.36. The molecule has 2 fully saturated rings. The van der Waals surface area contributed by atoms with Gasteiger partial charge in [0.2, 0.25) is 23.7 Å². The number of H-pyrrole nitrogens is 1. The predicted molar refractivity (Wildman–Crippen MR) is 243 cm³/mol. The first-order valence-corrected chi connectivity index (χ1v) is 21.6. The van der Waals surface area contributed by atoms with Gasteiger partial charge in [0.25, 0.3) is 5.91 Å². The largest absolute Gasteiger partial charge is 0.494 e. The second-order valence-corrected chi connectivity index (χ2v) is 15.9. The summed E-state index contributed by atoms with van der Waals surface area (Å²) in [6.07, 6.45) is 6.28. The molecule has 3 aromatic carbocycles. The van der Waals surface area contributed by atoms with E-state index in [2.05, 4.69) is 30.8 Å². The molecule has 336 valence electrons. The minimum Gasteiger partial charge on any atom is -0.494 e. The van der Waals surface area contributed by atoms with Crippen molar-refractivity contribution in [3.63, 3.8) is 0 Å². The van der Waals surface area contributed by atoms with Crippen LogP contribution in [0, 0.1) is 0 Å². The molecule has 0 bridgehead atoms. The van der Waals surface area contributed by atoms with Crippen LogP contribution in [0.15, 0.2) is 73.1 Å². The summed E-state index contributed by atoms with van der Waals surface area (Å²) in [6, 6.07) is 18.1. The fourth-order valence-corrected chi connectivity index (χ4v) is 8.23. The zero-order valence-corrected chi connectivity index (χ0v) is 36.8. The Morgan fingerprint density at radius 2 is 1.73 bits per heavy atom. The third-order valence-corrected chi connectivity index (χ3v) is 11.9. The number of halogens is 1. The van der Waals surface area contributed by atoms with Crippen LogP contribution in [0.3, 0.4) is 0 Å². The first kappa shape index (κ1) is 45.5. The first-order chi connectivity index (χ1) is 31.1. The number of ether oxygens (including phenoxy) is 3. The third-order valence-electron chi connectivity index (χ3n) is 11.6. The number of carbonyl (C=O) groups is 5. The Morgan fingerprint density at radius 1 is 0.953 bits per heavy atom.